The van der Waals surface area contributed by atoms with Gasteiger partial charge in [0.2, 0.25) is 0 Å². The summed E-state index contributed by atoms with van der Waals surface area (Å²) in [6.07, 6.45) is 2.10. The molecule has 0 aromatic rings. The third-order valence-electron chi connectivity index (χ3n) is 8.30. The summed E-state index contributed by atoms with van der Waals surface area (Å²) in [6.45, 7) is 20.4. The third-order valence-corrected chi connectivity index (χ3v) is 8.30. The van der Waals surface area contributed by atoms with Gasteiger partial charge in [0.05, 0.1) is 60.8 Å². The molecule has 0 spiro atoms. The van der Waals surface area contributed by atoms with Gasteiger partial charge in [-0.05, 0) is 83.1 Å². The molecule has 2 saturated heterocycles. The standard InChI is InChI=1S/2C13H25NO3.C10H16N2O8.Ca/c2*1-11(2)7-10(15)8-12(3,4)14(11)17-9-13(5,6)16;13-7(14)3-11(4-8(15)16)1-2-12(5-9(17)18)6-10(19)20;/h2*16H,7-9H2,1-6H3;1-6H2,(H,13,14)(H,15,16)(H,17,18)(H,19,20);/q;;;+2/p-2. The van der Waals surface area contributed by atoms with E-state index in [4.69, 9.17) is 9.68 Å². The van der Waals surface area contributed by atoms with Crippen LogP contribution in [0.1, 0.15) is 109 Å². The summed E-state index contributed by atoms with van der Waals surface area (Å²) < 4.78 is 0. The van der Waals surface area contributed by atoms with Gasteiger partial charge in [-0.15, -0.1) is 0 Å². The van der Waals surface area contributed by atoms with Crippen LogP contribution in [0.3, 0.4) is 0 Å². The molecular weight excluding hydrogens is 752 g/mol. The first-order chi connectivity index (χ1) is 24.1. The monoisotopic (exact) mass is 816 g/mol. The molecule has 314 valence electrons. The second-order valence-electron chi connectivity index (χ2n) is 18.1. The maximum absolute atomic E-state index is 11.7. The fourth-order valence-electron chi connectivity index (χ4n) is 6.97. The number of Topliss-reactive ketones (excluding diaryl/α,β-unsaturated/α-hetero) is 2. The van der Waals surface area contributed by atoms with Crippen molar-refractivity contribution in [1.82, 2.24) is 9.80 Å². The molecule has 2 rings (SSSR count). The number of carbonyl (C=O) groups is 6. The number of carbonyl (C=O) groups excluding carboxylic acids is 6. The first kappa shape index (κ1) is 55.3. The largest absolute Gasteiger partial charge is 2.00 e. The number of ketones is 2. The van der Waals surface area contributed by atoms with Crippen molar-refractivity contribution in [1.29, 1.82) is 0 Å². The van der Waals surface area contributed by atoms with Crippen LogP contribution in [0.5, 0.6) is 0 Å². The fourth-order valence-corrected chi connectivity index (χ4v) is 6.97. The Morgan fingerprint density at radius 1 is 0.564 bits per heavy atom. The van der Waals surface area contributed by atoms with Crippen LogP contribution in [0.25, 0.3) is 0 Å². The van der Waals surface area contributed by atoms with Crippen molar-refractivity contribution < 1.29 is 79.2 Å². The number of piperidine rings is 2. The average Bonchev–Trinajstić information content (AvgIpc) is 2.86. The Balaban J connectivity index is 0. The molecule has 2 heterocycles. The smallest absolute Gasteiger partial charge is 0.549 e. The number of aliphatic carboxylic acids is 4. The van der Waals surface area contributed by atoms with Crippen LogP contribution < -0.4 is 30.6 Å². The van der Waals surface area contributed by atoms with Gasteiger partial charge in [-0.25, -0.2) is 9.68 Å². The summed E-state index contributed by atoms with van der Waals surface area (Å²) in [7, 11) is 0. The molecule has 2 aliphatic heterocycles. The van der Waals surface area contributed by atoms with Gasteiger partial charge in [-0.1, -0.05) is 0 Å². The minimum absolute atomic E-state index is 0. The summed E-state index contributed by atoms with van der Waals surface area (Å²) in [5.74, 6) is -5.54. The summed E-state index contributed by atoms with van der Waals surface area (Å²) in [6, 6.07) is 0. The Bertz CT molecular complexity index is 1140. The van der Waals surface area contributed by atoms with E-state index < -0.39 is 61.3 Å². The van der Waals surface area contributed by atoms with Crippen molar-refractivity contribution in [3.8, 4) is 0 Å². The van der Waals surface area contributed by atoms with Gasteiger partial charge in [0.1, 0.15) is 46.9 Å². The van der Waals surface area contributed by atoms with Gasteiger partial charge >= 0.3 is 37.7 Å². The van der Waals surface area contributed by atoms with Gasteiger partial charge in [-0.2, -0.15) is 10.1 Å². The van der Waals surface area contributed by atoms with Crippen LogP contribution >= 0.6 is 0 Å². The van der Waals surface area contributed by atoms with Crippen LogP contribution in [0, 0.1) is 0 Å². The van der Waals surface area contributed by atoms with Gasteiger partial charge in [0.15, 0.2) is 0 Å². The van der Waals surface area contributed by atoms with E-state index in [0.717, 1.165) is 19.9 Å². The Kier molecular flexibility index (Phi) is 22.5. The van der Waals surface area contributed by atoms with E-state index in [0.29, 0.717) is 25.7 Å². The summed E-state index contributed by atoms with van der Waals surface area (Å²) in [5.41, 5.74) is -2.68. The number of carboxylic acids is 4. The first-order valence-corrected chi connectivity index (χ1v) is 17.8. The molecular formula is C36H64CaN4O14. The summed E-state index contributed by atoms with van der Waals surface area (Å²) in [5, 5.41) is 63.0. The van der Waals surface area contributed by atoms with E-state index in [1.807, 2.05) is 55.4 Å². The van der Waals surface area contributed by atoms with E-state index in [1.54, 1.807) is 27.7 Å². The SMILES string of the molecule is CC(C)(O)CO[NH+]1C(C)(C)CC(=O)CC1(C)C.CC(C)(O)CO[NH+]1C(C)(C)CC(=O)CC1(C)C.O=C([O-])CN(CCN(CC(=O)[O-])CC(=O)[O-])CC(=O)[O-].[Ca+2]. The van der Waals surface area contributed by atoms with E-state index in [2.05, 4.69) is 0 Å². The summed E-state index contributed by atoms with van der Waals surface area (Å²) >= 11 is 0. The zero-order chi connectivity index (χ0) is 42.7. The number of nitrogens with one attached hydrogen (secondary N) is 2. The van der Waals surface area contributed by atoms with Gasteiger partial charge < -0.3 is 49.8 Å². The molecule has 0 aliphatic carbocycles. The number of quaternary nitrogens is 2. The molecule has 0 aromatic carbocycles. The molecule has 0 amide bonds. The van der Waals surface area contributed by atoms with Gasteiger partial charge in [0, 0.05) is 39.3 Å². The number of hydrogen-bond acceptors (Lipinski definition) is 16. The van der Waals surface area contributed by atoms with Gasteiger partial charge in [-0.3, -0.25) is 19.4 Å². The van der Waals surface area contributed by atoms with Crippen LogP contribution in [0.2, 0.25) is 0 Å². The van der Waals surface area contributed by atoms with Crippen molar-refractivity contribution in [2.24, 2.45) is 0 Å². The Labute approximate surface area is 355 Å². The zero-order valence-electron chi connectivity index (χ0n) is 34.9. The van der Waals surface area contributed by atoms with Crippen LogP contribution in [0.15, 0.2) is 0 Å². The van der Waals surface area contributed by atoms with E-state index in [1.165, 1.54) is 0 Å². The molecule has 4 N–H and O–H groups in total. The van der Waals surface area contributed by atoms with E-state index >= 15 is 0 Å². The number of nitrogens with zero attached hydrogens (tertiary/aromatic N) is 2. The predicted octanol–water partition coefficient (Wildman–Crippen LogP) is -6.80. The number of carboxylic acid groups (broad SMARTS) is 4. The average molecular weight is 817 g/mol. The third kappa shape index (κ3) is 23.2. The van der Waals surface area contributed by atoms with E-state index in [-0.39, 0.29) is 97.8 Å². The second-order valence-corrected chi connectivity index (χ2v) is 18.1. The molecule has 0 radical (unpaired) electrons. The second kappa shape index (κ2) is 22.3. The molecule has 0 unspecified atom stereocenters. The topological polar surface area (TPSA) is 269 Å². The van der Waals surface area contributed by atoms with Crippen LogP contribution in [0.4, 0.5) is 0 Å². The van der Waals surface area contributed by atoms with E-state index in [9.17, 15) is 59.4 Å². The van der Waals surface area contributed by atoms with Crippen molar-refractivity contribution in [3.05, 3.63) is 0 Å². The number of hydrogen-bond donors (Lipinski definition) is 4. The number of rotatable bonds is 17. The van der Waals surface area contributed by atoms with Crippen LogP contribution in [-0.2, 0) is 38.4 Å². The molecule has 0 atom stereocenters. The normalized spacial score (nSPS) is 19.3. The maximum atomic E-state index is 11.7. The molecule has 0 saturated carbocycles. The molecule has 55 heavy (non-hydrogen) atoms. The van der Waals surface area contributed by atoms with Crippen LogP contribution in [-0.4, -0.2) is 179 Å². The quantitative estimate of drug-likeness (QED) is 0.0994. The fraction of sp³-hybridized carbons (Fsp3) is 0.833. The molecule has 0 bridgehead atoms. The molecule has 0 aromatic heterocycles. The molecule has 19 heteroatoms. The van der Waals surface area contributed by atoms with Crippen molar-refractivity contribution in [3.63, 3.8) is 0 Å². The van der Waals surface area contributed by atoms with Crippen molar-refractivity contribution in [2.45, 2.75) is 142 Å². The zero-order valence-corrected chi connectivity index (χ0v) is 37.1. The number of aliphatic hydroxyl groups is 2. The Morgan fingerprint density at radius 2 is 0.764 bits per heavy atom. The predicted molar refractivity (Wildman–Crippen MR) is 190 cm³/mol. The van der Waals surface area contributed by atoms with Gasteiger partial charge in [0.25, 0.3) is 0 Å². The summed E-state index contributed by atoms with van der Waals surface area (Å²) in [4.78, 5) is 78.6. The maximum Gasteiger partial charge on any atom is 2.00 e. The molecule has 18 nitrogen and oxygen atoms in total. The number of hydroxylamine groups is 4. The van der Waals surface area contributed by atoms with Crippen molar-refractivity contribution in [2.75, 3.05) is 52.5 Å². The van der Waals surface area contributed by atoms with Crippen molar-refractivity contribution >= 4 is 73.2 Å². The minimum Gasteiger partial charge on any atom is -0.549 e. The first-order valence-electron chi connectivity index (χ1n) is 17.8. The molecule has 2 aliphatic rings. The minimum atomic E-state index is -1.53. The Hall–Kier alpha value is -1.84. The molecule has 2 fully saturated rings. The Morgan fingerprint density at radius 3 is 0.927 bits per heavy atom.